The molecule has 4 heteroatoms. The smallest absolute Gasteiger partial charge is 0.302 e. The Labute approximate surface area is 80.5 Å². The molecule has 0 aliphatic rings. The zero-order valence-corrected chi connectivity index (χ0v) is 7.72. The summed E-state index contributed by atoms with van der Waals surface area (Å²) in [6.45, 7) is 1.39. The number of ether oxygens (including phenoxy) is 1. The summed E-state index contributed by atoms with van der Waals surface area (Å²) in [5.74, 6) is -1.64. The fraction of sp³-hybridized carbons (Fsp3) is 0.300. The fourth-order valence-corrected chi connectivity index (χ4v) is 1.03. The summed E-state index contributed by atoms with van der Waals surface area (Å²) in [6, 6.07) is 3.32. The van der Waals surface area contributed by atoms with E-state index >= 15 is 0 Å². The van der Waals surface area contributed by atoms with E-state index in [2.05, 4.69) is 4.74 Å². The van der Waals surface area contributed by atoms with E-state index in [1.165, 1.54) is 19.1 Å². The monoisotopic (exact) mass is 200 g/mol. The van der Waals surface area contributed by atoms with Crippen LogP contribution in [0.2, 0.25) is 0 Å². The largest absolute Gasteiger partial charge is 0.466 e. The van der Waals surface area contributed by atoms with Gasteiger partial charge < -0.3 is 4.74 Å². The van der Waals surface area contributed by atoms with Crippen LogP contribution < -0.4 is 0 Å². The van der Waals surface area contributed by atoms with Gasteiger partial charge in [0.1, 0.15) is 11.6 Å². The average Bonchev–Trinajstić information content (AvgIpc) is 2.08. The van der Waals surface area contributed by atoms with Crippen molar-refractivity contribution >= 4 is 5.97 Å². The summed E-state index contributed by atoms with van der Waals surface area (Å²) < 4.78 is 30.1. The Kier molecular flexibility index (Phi) is 3.56. The van der Waals surface area contributed by atoms with Gasteiger partial charge in [-0.05, 0) is 11.6 Å². The van der Waals surface area contributed by atoms with E-state index < -0.39 is 17.6 Å². The van der Waals surface area contributed by atoms with Crippen molar-refractivity contribution in [2.75, 3.05) is 6.61 Å². The van der Waals surface area contributed by atoms with Gasteiger partial charge in [-0.3, -0.25) is 4.79 Å². The first-order chi connectivity index (χ1) is 6.59. The van der Waals surface area contributed by atoms with Gasteiger partial charge >= 0.3 is 5.97 Å². The van der Waals surface area contributed by atoms with Gasteiger partial charge in [0.15, 0.2) is 0 Å². The van der Waals surface area contributed by atoms with E-state index in [0.717, 1.165) is 6.07 Å². The molecule has 0 amide bonds. The predicted octanol–water partition coefficient (Wildman–Crippen LogP) is 2.07. The lowest BCUT2D eigenvalue weighted by Gasteiger charge is -2.03. The summed E-state index contributed by atoms with van der Waals surface area (Å²) in [4.78, 5) is 10.4. The molecule has 0 saturated heterocycles. The van der Waals surface area contributed by atoms with Crippen LogP contribution in [0.15, 0.2) is 18.2 Å². The maximum atomic E-state index is 13.0. The minimum absolute atomic E-state index is 0.109. The Morgan fingerprint density at radius 1 is 1.43 bits per heavy atom. The van der Waals surface area contributed by atoms with Crippen molar-refractivity contribution in [3.05, 3.63) is 35.4 Å². The van der Waals surface area contributed by atoms with E-state index in [0.29, 0.717) is 5.56 Å². The van der Waals surface area contributed by atoms with Crippen LogP contribution >= 0.6 is 0 Å². The molecule has 0 radical (unpaired) electrons. The first-order valence-corrected chi connectivity index (χ1v) is 4.17. The molecule has 0 unspecified atom stereocenters. The summed E-state index contributed by atoms with van der Waals surface area (Å²) in [5, 5.41) is 0. The minimum atomic E-state index is -0.614. The highest BCUT2D eigenvalue weighted by molar-refractivity contribution is 5.65. The molecule has 0 atom stereocenters. The molecule has 0 fully saturated rings. The zero-order valence-electron chi connectivity index (χ0n) is 7.72. The van der Waals surface area contributed by atoms with Gasteiger partial charge in [0, 0.05) is 19.4 Å². The first kappa shape index (κ1) is 10.6. The van der Waals surface area contributed by atoms with Gasteiger partial charge in [-0.1, -0.05) is 6.07 Å². The summed E-state index contributed by atoms with van der Waals surface area (Å²) >= 11 is 0. The molecule has 1 aromatic carbocycles. The predicted molar refractivity (Wildman–Crippen MR) is 46.7 cm³/mol. The van der Waals surface area contributed by atoms with Gasteiger partial charge in [-0.25, -0.2) is 8.78 Å². The third-order valence-electron chi connectivity index (χ3n) is 1.69. The zero-order chi connectivity index (χ0) is 10.6. The molecule has 2 nitrogen and oxygen atoms in total. The molecule has 0 bridgehead atoms. The van der Waals surface area contributed by atoms with E-state index in [1.54, 1.807) is 0 Å². The Hall–Kier alpha value is -1.45. The Morgan fingerprint density at radius 2 is 2.14 bits per heavy atom. The van der Waals surface area contributed by atoms with Gasteiger partial charge in [-0.2, -0.15) is 0 Å². The van der Waals surface area contributed by atoms with Crippen LogP contribution in [0.1, 0.15) is 12.5 Å². The lowest BCUT2D eigenvalue weighted by atomic mass is 10.1. The van der Waals surface area contributed by atoms with E-state index in [4.69, 9.17) is 0 Å². The number of hydrogen-bond donors (Lipinski definition) is 0. The highest BCUT2D eigenvalue weighted by atomic mass is 19.1. The normalized spacial score (nSPS) is 9.93. The number of carbonyl (C=O) groups is 1. The van der Waals surface area contributed by atoms with Crippen LogP contribution in [0.4, 0.5) is 8.78 Å². The Balaban J connectivity index is 2.55. The molecule has 0 aliphatic carbocycles. The Morgan fingerprint density at radius 3 is 2.71 bits per heavy atom. The molecule has 1 rings (SSSR count). The molecular formula is C10H10F2O2. The Bertz CT molecular complexity index is 337. The number of hydrogen-bond acceptors (Lipinski definition) is 2. The maximum Gasteiger partial charge on any atom is 0.302 e. The van der Waals surface area contributed by atoms with Gasteiger partial charge in [0.25, 0.3) is 0 Å². The van der Waals surface area contributed by atoms with Crippen molar-refractivity contribution in [2.45, 2.75) is 13.3 Å². The summed E-state index contributed by atoms with van der Waals surface area (Å²) in [7, 11) is 0. The molecule has 0 spiro atoms. The number of esters is 1. The summed E-state index contributed by atoms with van der Waals surface area (Å²) in [6.07, 6.45) is 0.256. The molecular weight excluding hydrogens is 190 g/mol. The van der Waals surface area contributed by atoms with Crippen molar-refractivity contribution in [3.63, 3.8) is 0 Å². The number of halogens is 2. The van der Waals surface area contributed by atoms with Gasteiger partial charge in [0.2, 0.25) is 0 Å². The van der Waals surface area contributed by atoms with Crippen LogP contribution in [-0.4, -0.2) is 12.6 Å². The number of benzene rings is 1. The van der Waals surface area contributed by atoms with E-state index in [1.807, 2.05) is 0 Å². The second-order valence-corrected chi connectivity index (χ2v) is 2.83. The molecule has 0 aliphatic heterocycles. The lowest BCUT2D eigenvalue weighted by Crippen LogP contribution is -2.04. The van der Waals surface area contributed by atoms with E-state index in [-0.39, 0.29) is 13.0 Å². The second-order valence-electron chi connectivity index (χ2n) is 2.83. The quantitative estimate of drug-likeness (QED) is 0.698. The standard InChI is InChI=1S/C10H10F2O2/c1-7(13)14-5-4-8-2-3-9(11)6-10(8)12/h2-3,6H,4-5H2,1H3. The average molecular weight is 200 g/mol. The maximum absolute atomic E-state index is 13.0. The van der Waals surface area contributed by atoms with Crippen LogP contribution in [-0.2, 0) is 16.0 Å². The van der Waals surface area contributed by atoms with Crippen molar-refractivity contribution in [2.24, 2.45) is 0 Å². The van der Waals surface area contributed by atoms with Crippen LogP contribution in [0.3, 0.4) is 0 Å². The number of rotatable bonds is 3. The summed E-state index contributed by atoms with van der Waals surface area (Å²) in [5.41, 5.74) is 0.340. The van der Waals surface area contributed by atoms with Gasteiger partial charge in [-0.15, -0.1) is 0 Å². The first-order valence-electron chi connectivity index (χ1n) is 4.17. The van der Waals surface area contributed by atoms with Crippen molar-refractivity contribution in [3.8, 4) is 0 Å². The molecule has 14 heavy (non-hydrogen) atoms. The SMILES string of the molecule is CC(=O)OCCc1ccc(F)cc1F. The third kappa shape index (κ3) is 3.12. The van der Waals surface area contributed by atoms with E-state index in [9.17, 15) is 13.6 Å². The topological polar surface area (TPSA) is 26.3 Å². The van der Waals surface area contributed by atoms with Crippen molar-refractivity contribution in [1.29, 1.82) is 0 Å². The number of carbonyl (C=O) groups excluding carboxylic acids is 1. The fourth-order valence-electron chi connectivity index (χ4n) is 1.03. The van der Waals surface area contributed by atoms with Gasteiger partial charge in [0.05, 0.1) is 6.61 Å². The van der Waals surface area contributed by atoms with Crippen molar-refractivity contribution < 1.29 is 18.3 Å². The lowest BCUT2D eigenvalue weighted by molar-refractivity contribution is -0.140. The molecule has 76 valence electrons. The third-order valence-corrected chi connectivity index (χ3v) is 1.69. The minimum Gasteiger partial charge on any atom is -0.466 e. The molecule has 0 saturated carbocycles. The highest BCUT2D eigenvalue weighted by Crippen LogP contribution is 2.09. The highest BCUT2D eigenvalue weighted by Gasteiger charge is 2.03. The van der Waals surface area contributed by atoms with Crippen molar-refractivity contribution in [1.82, 2.24) is 0 Å². The molecule has 0 N–H and O–H groups in total. The molecule has 1 aromatic rings. The van der Waals surface area contributed by atoms with Crippen LogP contribution in [0.5, 0.6) is 0 Å². The molecule has 0 heterocycles. The van der Waals surface area contributed by atoms with Crippen LogP contribution in [0.25, 0.3) is 0 Å². The second kappa shape index (κ2) is 4.69. The molecule has 0 aromatic heterocycles. The van der Waals surface area contributed by atoms with Crippen LogP contribution in [0, 0.1) is 11.6 Å².